The summed E-state index contributed by atoms with van der Waals surface area (Å²) in [6.45, 7) is 1.30. The third kappa shape index (κ3) is 5.97. The molecule has 2 amide bonds. The number of benzene rings is 1. The summed E-state index contributed by atoms with van der Waals surface area (Å²) in [6, 6.07) is 11.0. The van der Waals surface area contributed by atoms with Gasteiger partial charge < -0.3 is 25.4 Å². The third-order valence-electron chi connectivity index (χ3n) is 4.68. The molecule has 2 heterocycles. The number of amides is 2. The third-order valence-corrected chi connectivity index (χ3v) is 4.68. The van der Waals surface area contributed by atoms with Crippen LogP contribution in [0.5, 0.6) is 5.75 Å². The molecular formula is C21H24N4O4. The number of aromatic nitrogens is 1. The van der Waals surface area contributed by atoms with Crippen LogP contribution in [-0.4, -0.2) is 53.2 Å². The number of piperidine rings is 1. The molecule has 2 aromatic rings. The van der Waals surface area contributed by atoms with Crippen LogP contribution in [0.3, 0.4) is 0 Å². The molecule has 1 aromatic heterocycles. The quantitative estimate of drug-likeness (QED) is 0.648. The van der Waals surface area contributed by atoms with E-state index in [1.807, 2.05) is 36.4 Å². The van der Waals surface area contributed by atoms with E-state index >= 15 is 0 Å². The molecule has 0 radical (unpaired) electrons. The summed E-state index contributed by atoms with van der Waals surface area (Å²) in [7, 11) is 1.60. The highest BCUT2D eigenvalue weighted by molar-refractivity contribution is 5.89. The zero-order valence-electron chi connectivity index (χ0n) is 16.2. The maximum absolute atomic E-state index is 12.4. The van der Waals surface area contributed by atoms with Crippen LogP contribution in [0.1, 0.15) is 18.4 Å². The first-order chi connectivity index (χ1) is 14.0. The second kappa shape index (κ2) is 9.59. The molecule has 1 aromatic carbocycles. The summed E-state index contributed by atoms with van der Waals surface area (Å²) in [4.78, 5) is 29.1. The van der Waals surface area contributed by atoms with E-state index in [9.17, 15) is 9.59 Å². The number of pyridine rings is 1. The number of carbonyl (C=O) groups is 2. The van der Waals surface area contributed by atoms with Gasteiger partial charge in [0.05, 0.1) is 7.11 Å². The molecular weight excluding hydrogens is 372 g/mol. The summed E-state index contributed by atoms with van der Waals surface area (Å²) >= 11 is 0. The maximum Gasteiger partial charge on any atom is 0.328 e. The summed E-state index contributed by atoms with van der Waals surface area (Å²) < 4.78 is 5.12. The molecule has 1 aliphatic rings. The predicted molar refractivity (Wildman–Crippen MR) is 111 cm³/mol. The summed E-state index contributed by atoms with van der Waals surface area (Å²) in [5.74, 6) is 0.489. The molecule has 1 saturated heterocycles. The number of carbonyl (C=O) groups excluding carboxylic acids is 1. The highest BCUT2D eigenvalue weighted by atomic mass is 16.5. The van der Waals surface area contributed by atoms with Crippen molar-refractivity contribution in [1.29, 1.82) is 0 Å². The zero-order valence-corrected chi connectivity index (χ0v) is 16.2. The lowest BCUT2D eigenvalue weighted by atomic mass is 10.1. The van der Waals surface area contributed by atoms with Gasteiger partial charge in [-0.05, 0) is 60.9 Å². The first kappa shape index (κ1) is 20.2. The van der Waals surface area contributed by atoms with E-state index in [0.717, 1.165) is 41.7 Å². The number of ether oxygens (including phenoxy) is 1. The Bertz CT molecular complexity index is 857. The van der Waals surface area contributed by atoms with Gasteiger partial charge in [0, 0.05) is 37.1 Å². The van der Waals surface area contributed by atoms with Crippen LogP contribution >= 0.6 is 0 Å². The fourth-order valence-electron chi connectivity index (χ4n) is 3.07. The molecule has 3 N–H and O–H groups in total. The van der Waals surface area contributed by atoms with Gasteiger partial charge in [0.15, 0.2) is 0 Å². The van der Waals surface area contributed by atoms with Gasteiger partial charge in [0.25, 0.3) is 0 Å². The molecule has 0 unspecified atom stereocenters. The van der Waals surface area contributed by atoms with Crippen molar-refractivity contribution in [2.75, 3.05) is 30.8 Å². The Hall–Kier alpha value is -3.55. The van der Waals surface area contributed by atoms with Crippen molar-refractivity contribution >= 4 is 29.6 Å². The first-order valence-electron chi connectivity index (χ1n) is 9.37. The van der Waals surface area contributed by atoms with Gasteiger partial charge in [-0.25, -0.2) is 14.6 Å². The molecule has 0 spiro atoms. The molecule has 29 heavy (non-hydrogen) atoms. The number of hydrogen-bond donors (Lipinski definition) is 3. The zero-order chi connectivity index (χ0) is 20.6. The second-order valence-corrected chi connectivity index (χ2v) is 6.71. The van der Waals surface area contributed by atoms with Crippen LogP contribution in [0.2, 0.25) is 0 Å². The summed E-state index contributed by atoms with van der Waals surface area (Å²) in [6.07, 6.45) is 5.84. The standard InChI is InChI=1S/C21H24N4O4/c1-29-18-6-4-16(5-7-18)24-21(28)25-12-10-17(11-13-25)23-19-8-2-15(14-22-19)3-9-20(26)27/h2-9,14,17H,10-13H2,1H3,(H,22,23)(H,24,28)(H,26,27). The average Bonchev–Trinajstić information content (AvgIpc) is 2.74. The van der Waals surface area contributed by atoms with Gasteiger partial charge in [0.2, 0.25) is 0 Å². The Morgan fingerprint density at radius 1 is 1.17 bits per heavy atom. The SMILES string of the molecule is COc1ccc(NC(=O)N2CCC(Nc3ccc(C=CC(=O)O)cn3)CC2)cc1. The van der Waals surface area contributed by atoms with Crippen LogP contribution in [0.25, 0.3) is 6.08 Å². The van der Waals surface area contributed by atoms with E-state index in [4.69, 9.17) is 9.84 Å². The van der Waals surface area contributed by atoms with E-state index in [0.29, 0.717) is 13.1 Å². The fraction of sp³-hybridized carbons (Fsp3) is 0.286. The number of anilines is 2. The summed E-state index contributed by atoms with van der Waals surface area (Å²) in [5, 5.41) is 14.9. The van der Waals surface area contributed by atoms with E-state index in [1.165, 1.54) is 6.08 Å². The molecule has 0 saturated carbocycles. The normalized spacial score (nSPS) is 14.6. The number of nitrogens with one attached hydrogen (secondary N) is 2. The molecule has 8 heteroatoms. The molecule has 0 atom stereocenters. The number of rotatable bonds is 6. The van der Waals surface area contributed by atoms with E-state index in [2.05, 4.69) is 15.6 Å². The topological polar surface area (TPSA) is 104 Å². The smallest absolute Gasteiger partial charge is 0.328 e. The van der Waals surface area contributed by atoms with Gasteiger partial charge in [-0.3, -0.25) is 0 Å². The van der Waals surface area contributed by atoms with Crippen LogP contribution < -0.4 is 15.4 Å². The minimum absolute atomic E-state index is 0.110. The van der Waals surface area contributed by atoms with E-state index in [1.54, 1.807) is 18.2 Å². The lowest BCUT2D eigenvalue weighted by molar-refractivity contribution is -0.131. The number of likely N-dealkylation sites (tertiary alicyclic amines) is 1. The van der Waals surface area contributed by atoms with E-state index in [-0.39, 0.29) is 12.1 Å². The Kier molecular flexibility index (Phi) is 6.67. The first-order valence-corrected chi connectivity index (χ1v) is 9.37. The lowest BCUT2D eigenvalue weighted by Gasteiger charge is -2.32. The van der Waals surface area contributed by atoms with Gasteiger partial charge in [0.1, 0.15) is 11.6 Å². The van der Waals surface area contributed by atoms with Crippen molar-refractivity contribution in [3.63, 3.8) is 0 Å². The molecule has 152 valence electrons. The molecule has 0 bridgehead atoms. The van der Waals surface area contributed by atoms with Crippen molar-refractivity contribution in [1.82, 2.24) is 9.88 Å². The number of carboxylic acids is 1. The van der Waals surface area contributed by atoms with Crippen LogP contribution in [0.4, 0.5) is 16.3 Å². The van der Waals surface area contributed by atoms with Crippen LogP contribution in [0.15, 0.2) is 48.7 Å². The van der Waals surface area contributed by atoms with Crippen molar-refractivity contribution in [2.24, 2.45) is 0 Å². The maximum atomic E-state index is 12.4. The Labute approximate surface area is 169 Å². The number of methoxy groups -OCH3 is 1. The van der Waals surface area contributed by atoms with Gasteiger partial charge in [-0.2, -0.15) is 0 Å². The fourth-order valence-corrected chi connectivity index (χ4v) is 3.07. The van der Waals surface area contributed by atoms with Crippen LogP contribution in [-0.2, 0) is 4.79 Å². The van der Waals surface area contributed by atoms with E-state index < -0.39 is 5.97 Å². The average molecular weight is 396 g/mol. The molecule has 0 aliphatic carbocycles. The van der Waals surface area contributed by atoms with Gasteiger partial charge in [-0.15, -0.1) is 0 Å². The number of aliphatic carboxylic acids is 1. The molecule has 1 fully saturated rings. The number of urea groups is 1. The predicted octanol–water partition coefficient (Wildman–Crippen LogP) is 3.30. The highest BCUT2D eigenvalue weighted by Crippen LogP contribution is 2.19. The number of carboxylic acid groups (broad SMARTS) is 1. The minimum atomic E-state index is -0.991. The Morgan fingerprint density at radius 2 is 1.90 bits per heavy atom. The van der Waals surface area contributed by atoms with Crippen molar-refractivity contribution in [3.05, 3.63) is 54.2 Å². The molecule has 3 rings (SSSR count). The Balaban J connectivity index is 1.46. The molecule has 1 aliphatic heterocycles. The number of hydrogen-bond acceptors (Lipinski definition) is 5. The van der Waals surface area contributed by atoms with Crippen molar-refractivity contribution in [3.8, 4) is 5.75 Å². The van der Waals surface area contributed by atoms with Gasteiger partial charge in [-0.1, -0.05) is 0 Å². The highest BCUT2D eigenvalue weighted by Gasteiger charge is 2.23. The summed E-state index contributed by atoms with van der Waals surface area (Å²) in [5.41, 5.74) is 1.46. The minimum Gasteiger partial charge on any atom is -0.497 e. The van der Waals surface area contributed by atoms with Gasteiger partial charge >= 0.3 is 12.0 Å². The number of nitrogens with zero attached hydrogens (tertiary/aromatic N) is 2. The second-order valence-electron chi connectivity index (χ2n) is 6.71. The Morgan fingerprint density at radius 3 is 2.48 bits per heavy atom. The molecule has 8 nitrogen and oxygen atoms in total. The van der Waals surface area contributed by atoms with Crippen molar-refractivity contribution in [2.45, 2.75) is 18.9 Å². The lowest BCUT2D eigenvalue weighted by Crippen LogP contribution is -2.44. The largest absolute Gasteiger partial charge is 0.497 e. The van der Waals surface area contributed by atoms with Crippen molar-refractivity contribution < 1.29 is 19.4 Å². The monoisotopic (exact) mass is 396 g/mol. The van der Waals surface area contributed by atoms with Crippen LogP contribution in [0, 0.1) is 0 Å².